The van der Waals surface area contributed by atoms with Crippen molar-refractivity contribution < 1.29 is 0 Å². The van der Waals surface area contributed by atoms with Crippen LogP contribution in [0.25, 0.3) is 52.5 Å². The maximum Gasteiger partial charge on any atom is 0.235 e. The quantitative estimate of drug-likeness (QED) is 0.207. The molecule has 2 aromatic carbocycles. The Bertz CT molecular complexity index is 1730. The van der Waals surface area contributed by atoms with Crippen LogP contribution in [0.2, 0.25) is 0 Å². The molecule has 0 spiro atoms. The summed E-state index contributed by atoms with van der Waals surface area (Å²) < 4.78 is 5.57. The Morgan fingerprint density at radius 1 is 0.571 bits per heavy atom. The van der Waals surface area contributed by atoms with Gasteiger partial charge in [-0.3, -0.25) is 0 Å². The molecule has 0 saturated carbocycles. The first-order valence-electron chi connectivity index (χ1n) is 10.2. The number of fused-ring (bicyclic) bond motifs is 2. The number of hydrogen-bond donors (Lipinski definition) is 0. The molecule has 5 aromatic heterocycles. The summed E-state index contributed by atoms with van der Waals surface area (Å²) in [6, 6.07) is 20.1. The van der Waals surface area contributed by atoms with E-state index in [9.17, 15) is 0 Å². The lowest BCUT2D eigenvalue weighted by Crippen LogP contribution is -1.90. The van der Waals surface area contributed by atoms with E-state index in [1.807, 2.05) is 48.5 Å². The van der Waals surface area contributed by atoms with Crippen LogP contribution in [0.15, 0.2) is 69.6 Å². The summed E-state index contributed by atoms with van der Waals surface area (Å²) in [6.07, 6.45) is 0. The van der Waals surface area contributed by atoms with Gasteiger partial charge in [0.05, 0.1) is 9.75 Å². The molecule has 0 aliphatic carbocycles. The average molecular weight is 642 g/mol. The molecule has 7 aromatic rings. The minimum atomic E-state index is 0.717. The molecule has 35 heavy (non-hydrogen) atoms. The van der Waals surface area contributed by atoms with Gasteiger partial charge in [-0.2, -0.15) is 19.2 Å². The highest BCUT2D eigenvalue weighted by Crippen LogP contribution is 2.39. The first kappa shape index (κ1) is 21.4. The Morgan fingerprint density at radius 3 is 1.51 bits per heavy atom. The molecule has 8 nitrogen and oxygen atoms in total. The lowest BCUT2D eigenvalue weighted by Gasteiger charge is -1.97. The summed E-state index contributed by atoms with van der Waals surface area (Å²) in [5.74, 6) is 1.43. The van der Waals surface area contributed by atoms with E-state index in [2.05, 4.69) is 64.4 Å². The molecular formula is C22H10Br2N8S3. The van der Waals surface area contributed by atoms with Crippen LogP contribution in [0.3, 0.4) is 0 Å². The normalized spacial score (nSPS) is 11.7. The van der Waals surface area contributed by atoms with Crippen molar-refractivity contribution in [3.8, 4) is 42.5 Å². The minimum Gasteiger partial charge on any atom is -0.182 e. The first-order valence-corrected chi connectivity index (χ1v) is 14.2. The van der Waals surface area contributed by atoms with Crippen LogP contribution < -0.4 is 0 Å². The molecule has 0 N–H and O–H groups in total. The van der Waals surface area contributed by atoms with Crippen molar-refractivity contribution in [2.75, 3.05) is 0 Å². The zero-order valence-corrected chi connectivity index (χ0v) is 23.0. The molecule has 0 amide bonds. The number of benzene rings is 2. The highest BCUT2D eigenvalue weighted by molar-refractivity contribution is 9.10. The third-order valence-corrected chi connectivity index (χ3v) is 9.38. The second-order valence-electron chi connectivity index (χ2n) is 7.43. The number of aromatic nitrogens is 8. The highest BCUT2D eigenvalue weighted by atomic mass is 79.9. The Morgan fingerprint density at radius 2 is 1.06 bits per heavy atom. The van der Waals surface area contributed by atoms with Crippen LogP contribution in [0, 0.1) is 0 Å². The van der Waals surface area contributed by atoms with Crippen LogP contribution in [-0.4, -0.2) is 39.6 Å². The van der Waals surface area contributed by atoms with Crippen molar-refractivity contribution in [2.45, 2.75) is 0 Å². The molecule has 0 unspecified atom stereocenters. The van der Waals surface area contributed by atoms with E-state index < -0.39 is 0 Å². The van der Waals surface area contributed by atoms with Gasteiger partial charge in [0.25, 0.3) is 0 Å². The van der Waals surface area contributed by atoms with Crippen molar-refractivity contribution >= 4 is 75.8 Å². The minimum absolute atomic E-state index is 0.717. The van der Waals surface area contributed by atoms with Crippen molar-refractivity contribution in [2.24, 2.45) is 0 Å². The number of halogens is 2. The summed E-state index contributed by atoms with van der Waals surface area (Å²) in [7, 11) is 0. The molecule has 0 saturated heterocycles. The van der Waals surface area contributed by atoms with Gasteiger partial charge < -0.3 is 0 Å². The summed E-state index contributed by atoms with van der Waals surface area (Å²) in [5.41, 5.74) is 1.91. The molecular weight excluding hydrogens is 632 g/mol. The maximum absolute atomic E-state index is 4.81. The lowest BCUT2D eigenvalue weighted by atomic mass is 10.2. The summed E-state index contributed by atoms with van der Waals surface area (Å²) >= 11 is 11.7. The molecule has 5 heterocycles. The Kier molecular flexibility index (Phi) is 5.13. The molecule has 0 aliphatic heterocycles. The topological polar surface area (TPSA) is 86.2 Å². The van der Waals surface area contributed by atoms with Crippen molar-refractivity contribution in [1.82, 2.24) is 39.6 Å². The zero-order chi connectivity index (χ0) is 23.5. The van der Waals surface area contributed by atoms with Crippen LogP contribution in [0.5, 0.6) is 0 Å². The Hall–Kier alpha value is -2.84. The molecule has 0 fully saturated rings. The van der Waals surface area contributed by atoms with E-state index >= 15 is 0 Å². The van der Waals surface area contributed by atoms with Gasteiger partial charge in [0.1, 0.15) is 0 Å². The number of thiophene rings is 1. The van der Waals surface area contributed by atoms with Crippen LogP contribution in [0.4, 0.5) is 0 Å². The van der Waals surface area contributed by atoms with Gasteiger partial charge in [0, 0.05) is 20.1 Å². The largest absolute Gasteiger partial charge is 0.235 e. The third-order valence-electron chi connectivity index (χ3n) is 5.17. The van der Waals surface area contributed by atoms with E-state index in [-0.39, 0.29) is 0 Å². The summed E-state index contributed by atoms with van der Waals surface area (Å²) in [6.45, 7) is 0. The van der Waals surface area contributed by atoms with E-state index in [4.69, 9.17) is 10.2 Å². The van der Waals surface area contributed by atoms with Gasteiger partial charge >= 0.3 is 0 Å². The predicted octanol–water partition coefficient (Wildman–Crippen LogP) is 6.94. The van der Waals surface area contributed by atoms with Gasteiger partial charge in [-0.15, -0.1) is 31.7 Å². The summed E-state index contributed by atoms with van der Waals surface area (Å²) in [4.78, 5) is 3.60. The van der Waals surface area contributed by atoms with E-state index in [0.29, 0.717) is 11.6 Å². The molecule has 0 aliphatic rings. The maximum atomic E-state index is 4.81. The molecule has 0 radical (unpaired) electrons. The van der Waals surface area contributed by atoms with Crippen molar-refractivity contribution in [3.05, 3.63) is 69.6 Å². The van der Waals surface area contributed by atoms with Gasteiger partial charge in [-0.25, -0.2) is 0 Å². The van der Waals surface area contributed by atoms with Crippen LogP contribution in [0.1, 0.15) is 0 Å². The highest BCUT2D eigenvalue weighted by Gasteiger charge is 2.19. The van der Waals surface area contributed by atoms with Gasteiger partial charge in [-0.1, -0.05) is 78.8 Å². The Labute approximate surface area is 226 Å². The fourth-order valence-electron chi connectivity index (χ4n) is 3.62. The van der Waals surface area contributed by atoms with Crippen molar-refractivity contribution in [1.29, 1.82) is 0 Å². The number of hydrogen-bond acceptors (Lipinski definition) is 9. The third kappa shape index (κ3) is 3.74. The van der Waals surface area contributed by atoms with Crippen molar-refractivity contribution in [3.63, 3.8) is 0 Å². The fourth-order valence-corrected chi connectivity index (χ4v) is 7.20. The van der Waals surface area contributed by atoms with Gasteiger partial charge in [0.15, 0.2) is 21.7 Å². The SMILES string of the molecule is Brc1cccc(-c2nnc3sc(-c4ccc(-c5nn6c(-c7cccc(Br)c7)nnc6s5)s4)nn23)c1. The smallest absolute Gasteiger partial charge is 0.182 e. The number of rotatable bonds is 4. The van der Waals surface area contributed by atoms with Gasteiger partial charge in [0.2, 0.25) is 9.92 Å². The monoisotopic (exact) mass is 640 g/mol. The fraction of sp³-hybridized carbons (Fsp3) is 0. The predicted molar refractivity (Wildman–Crippen MR) is 146 cm³/mol. The van der Waals surface area contributed by atoms with E-state index in [1.54, 1.807) is 20.4 Å². The second-order valence-corrected chi connectivity index (χ2v) is 12.3. The molecule has 170 valence electrons. The van der Waals surface area contributed by atoms with Gasteiger partial charge in [-0.05, 0) is 36.4 Å². The lowest BCUT2D eigenvalue weighted by molar-refractivity contribution is 0.972. The molecule has 0 atom stereocenters. The molecule has 7 rings (SSSR count). The van der Waals surface area contributed by atoms with Crippen LogP contribution in [-0.2, 0) is 0 Å². The van der Waals surface area contributed by atoms with E-state index in [1.165, 1.54) is 22.7 Å². The second kappa shape index (κ2) is 8.38. The average Bonchev–Trinajstić information content (AvgIpc) is 3.64. The Balaban J connectivity index is 1.24. The standard InChI is InChI=1S/C22H10Br2N8S3/c23-13-5-1-3-11(9-13)17-25-27-21-31(17)29-19(34-21)15-7-8-16(33-15)20-30-32-18(26-28-22(32)35-20)12-4-2-6-14(24)10-12/h1-10H. The van der Waals surface area contributed by atoms with E-state index in [0.717, 1.165) is 49.8 Å². The zero-order valence-electron chi connectivity index (χ0n) is 17.3. The number of nitrogens with zero attached hydrogens (tertiary/aromatic N) is 8. The first-order chi connectivity index (χ1) is 17.1. The van der Waals surface area contributed by atoms with Crippen LogP contribution >= 0.6 is 65.9 Å². The molecule has 13 heteroatoms. The molecule has 0 bridgehead atoms. The summed E-state index contributed by atoms with van der Waals surface area (Å²) in [5, 5.41) is 28.7.